The Morgan fingerprint density at radius 2 is 1.83 bits per heavy atom. The Morgan fingerprint density at radius 1 is 1.26 bits per heavy atom. The number of carboxylic acid groups (broad SMARTS) is 1. The highest BCUT2D eigenvalue weighted by atomic mass is 35.5. The zero-order valence-electron chi connectivity index (χ0n) is 20.2. The number of hydrogen-bond donors (Lipinski definition) is 4. The molecule has 0 radical (unpaired) electrons. The van der Waals surface area contributed by atoms with Crippen molar-refractivity contribution in [3.8, 4) is 0 Å². The Morgan fingerprint density at radius 3 is 2.34 bits per heavy atom. The summed E-state index contributed by atoms with van der Waals surface area (Å²) in [5.74, 6) is -3.35. The Labute approximate surface area is 214 Å². The molecule has 10 heteroatoms. The van der Waals surface area contributed by atoms with Gasteiger partial charge < -0.3 is 20.4 Å². The van der Waals surface area contributed by atoms with Crippen LogP contribution in [0.3, 0.4) is 0 Å². The Balaban J connectivity index is 0.000000429. The van der Waals surface area contributed by atoms with Gasteiger partial charge in [-0.25, -0.2) is 9.18 Å². The van der Waals surface area contributed by atoms with Gasteiger partial charge in [-0.05, 0) is 63.5 Å². The number of ketones is 2. The van der Waals surface area contributed by atoms with Gasteiger partial charge in [-0.15, -0.1) is 0 Å². The summed E-state index contributed by atoms with van der Waals surface area (Å²) in [7, 11) is 0. The molecule has 0 aromatic carbocycles. The number of aliphatic hydroxyl groups excluding tert-OH is 2. The van der Waals surface area contributed by atoms with Crippen LogP contribution in [-0.4, -0.2) is 66.3 Å². The summed E-state index contributed by atoms with van der Waals surface area (Å²) < 4.78 is 15.2. The Bertz CT molecular complexity index is 991. The summed E-state index contributed by atoms with van der Waals surface area (Å²) in [6.07, 6.45) is 4.44. The summed E-state index contributed by atoms with van der Waals surface area (Å²) in [5, 5.41) is 39.9. The molecule has 4 N–H and O–H groups in total. The number of carbonyl (C=O) groups is 3. The maximum atomic E-state index is 16.9. The van der Waals surface area contributed by atoms with Crippen molar-refractivity contribution in [1.82, 2.24) is 0 Å². The van der Waals surface area contributed by atoms with Crippen LogP contribution in [0.25, 0.3) is 0 Å². The van der Waals surface area contributed by atoms with E-state index in [4.69, 9.17) is 28.3 Å². The number of carboxylic acids is 1. The van der Waals surface area contributed by atoms with Gasteiger partial charge in [0.2, 0.25) is 4.33 Å². The molecule has 4 rings (SSSR count). The molecule has 0 amide bonds. The smallest absolute Gasteiger partial charge is 0.339 e. The number of Topliss-reactive ketones (excluding diaryl/α,β-unsaturated/α-hetero) is 1. The molecular formula is C25H33Cl2FO7. The standard InChI is InChI=1S/C22H29FO5.C3H4Cl2O2/c1-12-8-16-15-5-4-13-9-14(25)6-7-19(13,2)21(15,23)17(26)10-20(16,3)22(12,28)18(27)11-24;1-3(4,5)2(6)7/h6-7,9,12,15-17,24,26,28H,4-5,8,10-11H2,1-3H3;1H3,(H,6,7)/t12-,15+,16+,17+,19+,20+,21+,22+;/m1./s1. The van der Waals surface area contributed by atoms with Gasteiger partial charge in [0.25, 0.3) is 0 Å². The van der Waals surface area contributed by atoms with Crippen molar-refractivity contribution in [2.75, 3.05) is 6.61 Å². The van der Waals surface area contributed by atoms with E-state index in [-0.39, 0.29) is 18.1 Å². The maximum absolute atomic E-state index is 16.9. The molecule has 8 atom stereocenters. The van der Waals surface area contributed by atoms with Crippen LogP contribution in [0, 0.1) is 28.6 Å². The fourth-order valence-corrected chi connectivity index (χ4v) is 7.26. The van der Waals surface area contributed by atoms with Crippen LogP contribution in [0.15, 0.2) is 23.8 Å². The molecule has 0 bridgehead atoms. The van der Waals surface area contributed by atoms with Gasteiger partial charge in [0.15, 0.2) is 17.2 Å². The highest BCUT2D eigenvalue weighted by Gasteiger charge is 2.75. The molecule has 0 aliphatic heterocycles. The first kappa shape index (κ1) is 28.3. The molecule has 196 valence electrons. The molecule has 3 saturated carbocycles. The number of fused-ring (bicyclic) bond motifs is 5. The van der Waals surface area contributed by atoms with Gasteiger partial charge >= 0.3 is 5.97 Å². The first-order valence-electron chi connectivity index (χ1n) is 11.7. The SMILES string of the molecule is CC(Cl)(Cl)C(=O)O.C[C@@H]1C[C@H]2[C@@H]3CCC4=CC(=O)C=C[C@]4(C)[C@@]3(F)[C@@H](O)C[C@]2(C)[C@@]1(O)C(=O)CO. The molecule has 7 nitrogen and oxygen atoms in total. The van der Waals surface area contributed by atoms with Crippen molar-refractivity contribution in [2.24, 2.45) is 28.6 Å². The number of halogens is 3. The Kier molecular flexibility index (Phi) is 7.19. The second kappa shape index (κ2) is 8.91. The number of hydrogen-bond acceptors (Lipinski definition) is 6. The minimum atomic E-state index is -1.98. The van der Waals surface area contributed by atoms with Gasteiger partial charge in [0, 0.05) is 16.7 Å². The van der Waals surface area contributed by atoms with Crippen molar-refractivity contribution >= 4 is 40.7 Å². The molecule has 0 unspecified atom stereocenters. The highest BCUT2D eigenvalue weighted by molar-refractivity contribution is 6.56. The zero-order chi connectivity index (χ0) is 26.8. The minimum Gasteiger partial charge on any atom is -0.479 e. The summed E-state index contributed by atoms with van der Waals surface area (Å²) in [4.78, 5) is 34.1. The summed E-state index contributed by atoms with van der Waals surface area (Å²) in [5.41, 5.74) is -5.17. The second-order valence-corrected chi connectivity index (χ2v) is 12.6. The number of aliphatic hydroxyl groups is 3. The molecule has 35 heavy (non-hydrogen) atoms. The average molecular weight is 535 g/mol. The fraction of sp³-hybridized carbons (Fsp3) is 0.720. The predicted molar refractivity (Wildman–Crippen MR) is 128 cm³/mol. The number of alkyl halides is 3. The van der Waals surface area contributed by atoms with Crippen LogP contribution < -0.4 is 0 Å². The lowest BCUT2D eigenvalue weighted by Crippen LogP contribution is -2.69. The van der Waals surface area contributed by atoms with Gasteiger partial charge in [-0.1, -0.05) is 48.7 Å². The summed E-state index contributed by atoms with van der Waals surface area (Å²) >= 11 is 10.1. The third-order valence-corrected chi connectivity index (χ3v) is 9.49. The van der Waals surface area contributed by atoms with Crippen LogP contribution in [-0.2, 0) is 14.4 Å². The largest absolute Gasteiger partial charge is 0.479 e. The Hall–Kier alpha value is -1.32. The number of carbonyl (C=O) groups excluding carboxylic acids is 2. The molecule has 0 saturated heterocycles. The van der Waals surface area contributed by atoms with Gasteiger partial charge in [-0.3, -0.25) is 9.59 Å². The van der Waals surface area contributed by atoms with Crippen molar-refractivity contribution in [1.29, 1.82) is 0 Å². The molecule has 0 aromatic heterocycles. The van der Waals surface area contributed by atoms with Crippen LogP contribution in [0.2, 0.25) is 0 Å². The molecule has 0 aromatic rings. The quantitative estimate of drug-likeness (QED) is 0.408. The number of allylic oxidation sites excluding steroid dienone is 4. The lowest BCUT2D eigenvalue weighted by atomic mass is 9.44. The first-order chi connectivity index (χ1) is 15.9. The third kappa shape index (κ3) is 3.91. The summed E-state index contributed by atoms with van der Waals surface area (Å²) in [6.45, 7) is 5.67. The van der Waals surface area contributed by atoms with Gasteiger partial charge in [0.05, 0.1) is 6.10 Å². The lowest BCUT2D eigenvalue weighted by Gasteiger charge is -2.62. The van der Waals surface area contributed by atoms with E-state index in [1.165, 1.54) is 19.1 Å². The first-order valence-corrected chi connectivity index (χ1v) is 12.5. The zero-order valence-corrected chi connectivity index (χ0v) is 21.7. The fourth-order valence-electron chi connectivity index (χ4n) is 7.26. The van der Waals surface area contributed by atoms with Crippen molar-refractivity contribution in [3.05, 3.63) is 23.8 Å². The van der Waals surface area contributed by atoms with Crippen LogP contribution in [0.1, 0.15) is 53.4 Å². The van der Waals surface area contributed by atoms with Crippen LogP contribution in [0.5, 0.6) is 0 Å². The van der Waals surface area contributed by atoms with Crippen molar-refractivity contribution < 1.29 is 39.2 Å². The van der Waals surface area contributed by atoms with E-state index in [0.717, 1.165) is 0 Å². The molecule has 0 heterocycles. The molecule has 4 aliphatic carbocycles. The van der Waals surface area contributed by atoms with E-state index in [1.807, 2.05) is 0 Å². The average Bonchev–Trinajstić information content (AvgIpc) is 2.96. The molecule has 0 spiro atoms. The van der Waals surface area contributed by atoms with Crippen LogP contribution >= 0.6 is 23.2 Å². The highest BCUT2D eigenvalue weighted by Crippen LogP contribution is 2.70. The molecule has 4 aliphatic rings. The monoisotopic (exact) mass is 534 g/mol. The molecular weight excluding hydrogens is 502 g/mol. The number of aliphatic carboxylic acids is 1. The van der Waals surface area contributed by atoms with Crippen LogP contribution in [0.4, 0.5) is 4.39 Å². The third-order valence-electron chi connectivity index (χ3n) is 9.17. The van der Waals surface area contributed by atoms with E-state index in [1.54, 1.807) is 26.8 Å². The van der Waals surface area contributed by atoms with Gasteiger partial charge in [0.1, 0.15) is 12.2 Å². The van der Waals surface area contributed by atoms with E-state index in [0.29, 0.717) is 24.8 Å². The predicted octanol–water partition coefficient (Wildman–Crippen LogP) is 3.16. The second-order valence-electron chi connectivity index (χ2n) is 10.9. The number of rotatable bonds is 3. The van der Waals surface area contributed by atoms with E-state index in [2.05, 4.69) is 0 Å². The van der Waals surface area contributed by atoms with Gasteiger partial charge in [-0.2, -0.15) is 0 Å². The van der Waals surface area contributed by atoms with E-state index < -0.39 is 62.7 Å². The summed E-state index contributed by atoms with van der Waals surface area (Å²) in [6, 6.07) is 0. The van der Waals surface area contributed by atoms with Crippen molar-refractivity contribution in [2.45, 2.75) is 75.1 Å². The van der Waals surface area contributed by atoms with Crippen molar-refractivity contribution in [3.63, 3.8) is 0 Å². The topological polar surface area (TPSA) is 132 Å². The molecule has 3 fully saturated rings. The normalized spacial score (nSPS) is 44.3. The van der Waals surface area contributed by atoms with E-state index in [9.17, 15) is 29.7 Å². The lowest BCUT2D eigenvalue weighted by molar-refractivity contribution is -0.219. The minimum absolute atomic E-state index is 0.0676. The maximum Gasteiger partial charge on any atom is 0.339 e. The van der Waals surface area contributed by atoms with E-state index >= 15 is 4.39 Å².